The molecule has 4 fully saturated rings. The molecule has 0 bridgehead atoms. The minimum absolute atomic E-state index is 0.0248. The molecule has 1 amide bonds. The number of morpholine rings is 1. The molecule has 1 aromatic carbocycles. The molecule has 2 aliphatic heterocycles. The summed E-state index contributed by atoms with van der Waals surface area (Å²) in [6.07, 6.45) is 15.7. The molecule has 3 aromatic rings. The Bertz CT molecular complexity index is 1610. The SMILES string of the molecule is C#CC1CCC(Cn2c(N3CCOC[C@H]3c3ccccc3)nc3nc(C(=N)NC(=O)O)nc(N4CCCCC4C4CCC4)c32)CC1. The number of nitrogens with one attached hydrogen (secondary N) is 2. The van der Waals surface area contributed by atoms with Gasteiger partial charge in [-0.05, 0) is 75.2 Å². The van der Waals surface area contributed by atoms with Crippen molar-refractivity contribution in [3.63, 3.8) is 0 Å². The summed E-state index contributed by atoms with van der Waals surface area (Å²) in [4.78, 5) is 31.4. The monoisotopic (exact) mass is 624 g/mol. The number of imidazole rings is 1. The van der Waals surface area contributed by atoms with Gasteiger partial charge < -0.3 is 24.2 Å². The van der Waals surface area contributed by atoms with Crippen molar-refractivity contribution in [1.82, 2.24) is 24.8 Å². The fourth-order valence-corrected chi connectivity index (χ4v) is 7.97. The number of rotatable bonds is 7. The van der Waals surface area contributed by atoms with Crippen molar-refractivity contribution >= 4 is 34.9 Å². The summed E-state index contributed by atoms with van der Waals surface area (Å²) in [6.45, 7) is 3.45. The number of hydrogen-bond donors (Lipinski definition) is 3. The number of fused-ring (bicyclic) bond motifs is 1. The van der Waals surface area contributed by atoms with E-state index in [-0.39, 0.29) is 17.7 Å². The lowest BCUT2D eigenvalue weighted by atomic mass is 9.76. The van der Waals surface area contributed by atoms with Crippen LogP contribution in [-0.4, -0.2) is 68.9 Å². The molecule has 3 N–H and O–H groups in total. The molecule has 2 aromatic heterocycles. The van der Waals surface area contributed by atoms with Crippen molar-refractivity contribution < 1.29 is 14.6 Å². The maximum atomic E-state index is 11.6. The van der Waals surface area contributed by atoms with Crippen LogP contribution in [0.2, 0.25) is 0 Å². The largest absolute Gasteiger partial charge is 0.465 e. The Balaban J connectivity index is 1.40. The molecule has 2 saturated carbocycles. The van der Waals surface area contributed by atoms with Crippen LogP contribution in [0, 0.1) is 35.5 Å². The molecule has 46 heavy (non-hydrogen) atoms. The normalized spacial score (nSPS) is 25.5. The van der Waals surface area contributed by atoms with Gasteiger partial charge in [-0.1, -0.05) is 36.8 Å². The molecule has 11 nitrogen and oxygen atoms in total. The molecule has 2 saturated heterocycles. The summed E-state index contributed by atoms with van der Waals surface area (Å²) in [6, 6.07) is 10.8. The maximum Gasteiger partial charge on any atom is 0.410 e. The predicted molar refractivity (Wildman–Crippen MR) is 177 cm³/mol. The predicted octanol–water partition coefficient (Wildman–Crippen LogP) is 5.60. The van der Waals surface area contributed by atoms with E-state index in [0.29, 0.717) is 49.2 Å². The minimum Gasteiger partial charge on any atom is -0.465 e. The first-order valence-corrected chi connectivity index (χ1v) is 17.0. The highest BCUT2D eigenvalue weighted by molar-refractivity contribution is 6.03. The van der Waals surface area contributed by atoms with Crippen molar-refractivity contribution in [1.29, 1.82) is 5.41 Å². The third-order valence-electron chi connectivity index (χ3n) is 10.6. The molecule has 7 rings (SSSR count). The van der Waals surface area contributed by atoms with Crippen LogP contribution < -0.4 is 15.1 Å². The van der Waals surface area contributed by atoms with E-state index in [1.165, 1.54) is 25.7 Å². The molecule has 242 valence electrons. The first kappa shape index (κ1) is 30.5. The Labute approximate surface area is 270 Å². The zero-order valence-electron chi connectivity index (χ0n) is 26.4. The highest BCUT2D eigenvalue weighted by Crippen LogP contribution is 2.42. The Kier molecular flexibility index (Phi) is 8.80. The van der Waals surface area contributed by atoms with Crippen molar-refractivity contribution in [2.75, 3.05) is 36.1 Å². The maximum absolute atomic E-state index is 11.6. The fourth-order valence-electron chi connectivity index (χ4n) is 7.97. The van der Waals surface area contributed by atoms with Gasteiger partial charge in [0, 0.05) is 31.6 Å². The molecule has 0 radical (unpaired) electrons. The number of anilines is 2. The third kappa shape index (κ3) is 6.03. The lowest BCUT2D eigenvalue weighted by Gasteiger charge is -2.45. The Morgan fingerprint density at radius 1 is 1.00 bits per heavy atom. The number of hydrogen-bond acceptors (Lipinski definition) is 8. The van der Waals surface area contributed by atoms with Crippen LogP contribution in [0.4, 0.5) is 16.6 Å². The second kappa shape index (κ2) is 13.3. The molecule has 2 aliphatic carbocycles. The van der Waals surface area contributed by atoms with Crippen molar-refractivity contribution in [2.45, 2.75) is 82.8 Å². The minimum atomic E-state index is -1.31. The molecule has 0 spiro atoms. The fraction of sp³-hybridized carbons (Fsp3) is 0.571. The van der Waals surface area contributed by atoms with Gasteiger partial charge in [0.15, 0.2) is 23.1 Å². The molecule has 4 heterocycles. The second-order valence-electron chi connectivity index (χ2n) is 13.4. The zero-order chi connectivity index (χ0) is 31.6. The van der Waals surface area contributed by atoms with E-state index in [0.717, 1.165) is 74.5 Å². The highest BCUT2D eigenvalue weighted by Gasteiger charge is 2.38. The molecular weight excluding hydrogens is 580 g/mol. The zero-order valence-corrected chi connectivity index (χ0v) is 26.4. The number of amidine groups is 1. The van der Waals surface area contributed by atoms with E-state index < -0.39 is 6.09 Å². The van der Waals surface area contributed by atoms with Gasteiger partial charge in [-0.15, -0.1) is 12.3 Å². The number of aromatic nitrogens is 4. The molecule has 11 heteroatoms. The van der Waals surface area contributed by atoms with Crippen molar-refractivity contribution in [3.8, 4) is 12.3 Å². The van der Waals surface area contributed by atoms with Crippen LogP contribution in [0.15, 0.2) is 30.3 Å². The van der Waals surface area contributed by atoms with E-state index in [4.69, 9.17) is 31.5 Å². The van der Waals surface area contributed by atoms with Gasteiger partial charge in [-0.3, -0.25) is 10.7 Å². The summed E-state index contributed by atoms with van der Waals surface area (Å²) in [7, 11) is 0. The molecule has 4 aliphatic rings. The average Bonchev–Trinajstić information content (AvgIpc) is 3.42. The number of ether oxygens (including phenoxy) is 1. The number of nitrogens with zero attached hydrogens (tertiary/aromatic N) is 6. The second-order valence-corrected chi connectivity index (χ2v) is 13.4. The molecule has 1 unspecified atom stereocenters. The van der Waals surface area contributed by atoms with Crippen LogP contribution in [0.1, 0.15) is 81.6 Å². The quantitative estimate of drug-likeness (QED) is 0.176. The summed E-state index contributed by atoms with van der Waals surface area (Å²) in [5, 5.41) is 20.2. The van der Waals surface area contributed by atoms with Gasteiger partial charge in [0.2, 0.25) is 5.95 Å². The van der Waals surface area contributed by atoms with E-state index in [1.807, 2.05) is 6.07 Å². The highest BCUT2D eigenvalue weighted by atomic mass is 16.5. The first-order chi connectivity index (χ1) is 22.5. The summed E-state index contributed by atoms with van der Waals surface area (Å²) >= 11 is 0. The number of carboxylic acid groups (broad SMARTS) is 1. The number of amides is 1. The lowest BCUT2D eigenvalue weighted by Crippen LogP contribution is -2.47. The molecule has 2 atom stereocenters. The van der Waals surface area contributed by atoms with E-state index >= 15 is 0 Å². The number of piperidine rings is 1. The van der Waals surface area contributed by atoms with Crippen molar-refractivity contribution in [3.05, 3.63) is 41.7 Å². The van der Waals surface area contributed by atoms with E-state index in [9.17, 15) is 9.90 Å². The number of carbonyl (C=O) groups is 1. The Morgan fingerprint density at radius 2 is 1.80 bits per heavy atom. The van der Waals surface area contributed by atoms with Gasteiger partial charge in [0.1, 0.15) is 5.52 Å². The summed E-state index contributed by atoms with van der Waals surface area (Å²) in [5.74, 6) is 5.66. The Hall–Kier alpha value is -4.17. The van der Waals surface area contributed by atoms with Crippen LogP contribution in [0.3, 0.4) is 0 Å². The summed E-state index contributed by atoms with van der Waals surface area (Å²) in [5.41, 5.74) is 2.54. The van der Waals surface area contributed by atoms with Crippen LogP contribution in [0.25, 0.3) is 11.2 Å². The summed E-state index contributed by atoms with van der Waals surface area (Å²) < 4.78 is 8.36. The third-order valence-corrected chi connectivity index (χ3v) is 10.6. The number of terminal acetylenes is 1. The lowest BCUT2D eigenvalue weighted by molar-refractivity contribution is 0.0927. The smallest absolute Gasteiger partial charge is 0.410 e. The van der Waals surface area contributed by atoms with Gasteiger partial charge in [0.25, 0.3) is 0 Å². The molecular formula is C35H44N8O3. The van der Waals surface area contributed by atoms with Gasteiger partial charge in [-0.25, -0.2) is 14.8 Å². The standard InChI is InChI=1S/C35H44N8O3/c1-2-23-14-16-24(17-15-23)21-43-29-31(40-34(43)42-19-20-46-22-28(42)26-9-4-3-5-10-26)38-32(30(36)37-35(44)45)39-33(29)41-18-7-6-13-27(41)25-11-8-12-25/h1,3-5,9-10,23-25,27-28H,6-8,11-22H2,(H2,36,37)(H,44,45)/t23?,24?,27?,28-/m0/s1. The van der Waals surface area contributed by atoms with Crippen LogP contribution >= 0.6 is 0 Å². The van der Waals surface area contributed by atoms with Crippen molar-refractivity contribution in [2.24, 2.45) is 17.8 Å². The number of benzene rings is 1. The topological polar surface area (TPSA) is 132 Å². The van der Waals surface area contributed by atoms with Gasteiger partial charge in [-0.2, -0.15) is 4.98 Å². The van der Waals surface area contributed by atoms with Gasteiger partial charge >= 0.3 is 6.09 Å². The van der Waals surface area contributed by atoms with Gasteiger partial charge in [0.05, 0.1) is 19.3 Å². The average molecular weight is 625 g/mol. The van der Waals surface area contributed by atoms with E-state index in [2.05, 4.69) is 49.9 Å². The van der Waals surface area contributed by atoms with Crippen LogP contribution in [-0.2, 0) is 11.3 Å². The Morgan fingerprint density at radius 3 is 2.52 bits per heavy atom. The van der Waals surface area contributed by atoms with E-state index in [1.54, 1.807) is 0 Å². The first-order valence-electron chi connectivity index (χ1n) is 17.0. The van der Waals surface area contributed by atoms with Crippen LogP contribution in [0.5, 0.6) is 0 Å².